The average molecular weight is 494 g/mol. The fourth-order valence-corrected chi connectivity index (χ4v) is 4.48. The molecule has 4 aromatic rings. The van der Waals surface area contributed by atoms with E-state index in [4.69, 9.17) is 16.3 Å². The van der Waals surface area contributed by atoms with Gasteiger partial charge in [-0.25, -0.2) is 4.98 Å². The maximum atomic E-state index is 13.5. The number of benzene rings is 3. The molecule has 1 aromatic heterocycles. The standard InChI is InChI=1S/C25H20ClN3O4S/c1-15(30)27-18-10-7-16(8-11-18)22(31)14-34-25-28-20-13-17(26)9-12-19(20)24(32)29(25)21-5-3-4-6-23(21)33-2/h3-13H,14H2,1-2H3,(H,27,30). The number of rotatable bonds is 7. The zero-order valence-electron chi connectivity index (χ0n) is 18.4. The van der Waals surface area contributed by atoms with Crippen molar-refractivity contribution in [1.29, 1.82) is 0 Å². The minimum Gasteiger partial charge on any atom is -0.495 e. The third kappa shape index (κ3) is 4.98. The first-order chi connectivity index (χ1) is 16.4. The summed E-state index contributed by atoms with van der Waals surface area (Å²) in [7, 11) is 1.53. The molecule has 172 valence electrons. The molecule has 9 heteroatoms. The highest BCUT2D eigenvalue weighted by Crippen LogP contribution is 2.28. The zero-order valence-corrected chi connectivity index (χ0v) is 19.9. The van der Waals surface area contributed by atoms with Gasteiger partial charge in [0, 0.05) is 23.2 Å². The second-order valence-corrected chi connectivity index (χ2v) is 8.72. The van der Waals surface area contributed by atoms with Crippen LogP contribution in [0.3, 0.4) is 0 Å². The SMILES string of the molecule is COc1ccccc1-n1c(SCC(=O)c2ccc(NC(C)=O)cc2)nc2cc(Cl)ccc2c1=O. The van der Waals surface area contributed by atoms with Crippen LogP contribution in [0.25, 0.3) is 16.6 Å². The summed E-state index contributed by atoms with van der Waals surface area (Å²) in [5.41, 5.74) is 1.76. The minimum atomic E-state index is -0.291. The predicted molar refractivity (Wildman–Crippen MR) is 135 cm³/mol. The Morgan fingerprint density at radius 3 is 2.53 bits per heavy atom. The molecule has 4 rings (SSSR count). The van der Waals surface area contributed by atoms with E-state index in [1.807, 2.05) is 6.07 Å². The molecule has 0 fully saturated rings. The third-order valence-corrected chi connectivity index (χ3v) is 6.16. The van der Waals surface area contributed by atoms with Crippen LogP contribution in [0.1, 0.15) is 17.3 Å². The fourth-order valence-electron chi connectivity index (χ4n) is 3.42. The molecule has 1 heterocycles. The number of para-hydroxylation sites is 2. The molecule has 0 aliphatic carbocycles. The number of halogens is 1. The molecule has 7 nitrogen and oxygen atoms in total. The van der Waals surface area contributed by atoms with E-state index in [1.54, 1.807) is 60.7 Å². The first kappa shape index (κ1) is 23.5. The number of carbonyl (C=O) groups excluding carboxylic acids is 2. The Hall–Kier alpha value is -3.62. The fraction of sp³-hybridized carbons (Fsp3) is 0.120. The summed E-state index contributed by atoms with van der Waals surface area (Å²) in [5, 5.41) is 3.87. The van der Waals surface area contributed by atoms with Crippen LogP contribution in [-0.4, -0.2) is 34.1 Å². The van der Waals surface area contributed by atoms with E-state index in [2.05, 4.69) is 10.3 Å². The normalized spacial score (nSPS) is 10.8. The van der Waals surface area contributed by atoms with E-state index < -0.39 is 0 Å². The summed E-state index contributed by atoms with van der Waals surface area (Å²) in [6, 6.07) is 18.6. The summed E-state index contributed by atoms with van der Waals surface area (Å²) in [6.45, 7) is 1.42. The van der Waals surface area contributed by atoms with Gasteiger partial charge in [-0.3, -0.25) is 19.0 Å². The summed E-state index contributed by atoms with van der Waals surface area (Å²) in [5.74, 6) is 0.215. The number of hydrogen-bond acceptors (Lipinski definition) is 6. The number of ether oxygens (including phenoxy) is 1. The van der Waals surface area contributed by atoms with Gasteiger partial charge in [-0.1, -0.05) is 35.5 Å². The molecular formula is C25H20ClN3O4S. The highest BCUT2D eigenvalue weighted by molar-refractivity contribution is 7.99. The summed E-state index contributed by atoms with van der Waals surface area (Å²) >= 11 is 7.27. The van der Waals surface area contributed by atoms with Gasteiger partial charge in [-0.2, -0.15) is 0 Å². The summed E-state index contributed by atoms with van der Waals surface area (Å²) < 4.78 is 6.91. The number of carbonyl (C=O) groups is 2. The number of Topliss-reactive ketones (excluding diaryl/α,β-unsaturated/α-hetero) is 1. The predicted octanol–water partition coefficient (Wildman–Crippen LogP) is 4.98. The van der Waals surface area contributed by atoms with Crippen LogP contribution >= 0.6 is 23.4 Å². The van der Waals surface area contributed by atoms with Crippen LogP contribution in [0.2, 0.25) is 5.02 Å². The second kappa shape index (κ2) is 10.1. The van der Waals surface area contributed by atoms with Gasteiger partial charge in [0.2, 0.25) is 5.91 Å². The van der Waals surface area contributed by atoms with Crippen LogP contribution in [0.5, 0.6) is 5.75 Å². The lowest BCUT2D eigenvalue weighted by Crippen LogP contribution is -2.22. The zero-order chi connectivity index (χ0) is 24.2. The number of hydrogen-bond donors (Lipinski definition) is 1. The number of aromatic nitrogens is 2. The largest absolute Gasteiger partial charge is 0.495 e. The molecule has 0 unspecified atom stereocenters. The molecule has 0 saturated carbocycles. The number of thioether (sulfide) groups is 1. The Bertz CT molecular complexity index is 1450. The quantitative estimate of drug-likeness (QED) is 0.222. The van der Waals surface area contributed by atoms with Crippen molar-refractivity contribution in [1.82, 2.24) is 9.55 Å². The van der Waals surface area contributed by atoms with Crippen molar-refractivity contribution in [2.75, 3.05) is 18.2 Å². The van der Waals surface area contributed by atoms with Gasteiger partial charge in [0.05, 0.1) is 29.5 Å². The van der Waals surface area contributed by atoms with Crippen LogP contribution in [0, 0.1) is 0 Å². The van der Waals surface area contributed by atoms with Crippen LogP contribution in [0.4, 0.5) is 5.69 Å². The Morgan fingerprint density at radius 2 is 1.82 bits per heavy atom. The highest BCUT2D eigenvalue weighted by Gasteiger charge is 2.18. The second-order valence-electron chi connectivity index (χ2n) is 7.34. The van der Waals surface area contributed by atoms with E-state index in [0.717, 1.165) is 11.8 Å². The molecule has 0 aliphatic heterocycles. The molecule has 0 atom stereocenters. The van der Waals surface area contributed by atoms with Gasteiger partial charge in [-0.15, -0.1) is 0 Å². The van der Waals surface area contributed by atoms with Crippen molar-refractivity contribution in [3.05, 3.63) is 87.7 Å². The van der Waals surface area contributed by atoms with E-state index in [9.17, 15) is 14.4 Å². The van der Waals surface area contributed by atoms with Gasteiger partial charge in [0.25, 0.3) is 5.56 Å². The van der Waals surface area contributed by atoms with Gasteiger partial charge in [0.15, 0.2) is 10.9 Å². The Balaban J connectivity index is 1.72. The monoisotopic (exact) mass is 493 g/mol. The maximum Gasteiger partial charge on any atom is 0.266 e. The van der Waals surface area contributed by atoms with Crippen LogP contribution in [0.15, 0.2) is 76.7 Å². The number of fused-ring (bicyclic) bond motifs is 1. The Labute approximate surface area is 204 Å². The molecule has 0 bridgehead atoms. The van der Waals surface area contributed by atoms with Gasteiger partial charge in [-0.05, 0) is 54.6 Å². The topological polar surface area (TPSA) is 90.3 Å². The first-order valence-electron chi connectivity index (χ1n) is 10.3. The highest BCUT2D eigenvalue weighted by atomic mass is 35.5. The number of anilines is 1. The van der Waals surface area contributed by atoms with Gasteiger partial charge in [0.1, 0.15) is 5.75 Å². The first-order valence-corrected chi connectivity index (χ1v) is 11.6. The van der Waals surface area contributed by atoms with E-state index >= 15 is 0 Å². The van der Waals surface area contributed by atoms with Crippen molar-refractivity contribution in [2.45, 2.75) is 12.1 Å². The molecule has 0 saturated heterocycles. The molecular weight excluding hydrogens is 474 g/mol. The van der Waals surface area contributed by atoms with Crippen LogP contribution < -0.4 is 15.6 Å². The molecule has 0 radical (unpaired) electrons. The number of nitrogens with one attached hydrogen (secondary N) is 1. The molecule has 0 spiro atoms. The summed E-state index contributed by atoms with van der Waals surface area (Å²) in [4.78, 5) is 42.2. The average Bonchev–Trinajstić information content (AvgIpc) is 2.82. The molecule has 0 aliphatic rings. The summed E-state index contributed by atoms with van der Waals surface area (Å²) in [6.07, 6.45) is 0. The maximum absolute atomic E-state index is 13.5. The van der Waals surface area contributed by atoms with E-state index in [-0.39, 0.29) is 23.0 Å². The molecule has 34 heavy (non-hydrogen) atoms. The lowest BCUT2D eigenvalue weighted by Gasteiger charge is -2.15. The number of nitrogens with zero attached hydrogens (tertiary/aromatic N) is 2. The molecule has 3 aromatic carbocycles. The molecule has 1 amide bonds. The van der Waals surface area contributed by atoms with Crippen molar-refractivity contribution in [2.24, 2.45) is 0 Å². The van der Waals surface area contributed by atoms with Crippen molar-refractivity contribution < 1.29 is 14.3 Å². The van der Waals surface area contributed by atoms with Crippen LogP contribution in [-0.2, 0) is 4.79 Å². The van der Waals surface area contributed by atoms with Gasteiger partial charge >= 0.3 is 0 Å². The Morgan fingerprint density at radius 1 is 1.09 bits per heavy atom. The lowest BCUT2D eigenvalue weighted by molar-refractivity contribution is -0.114. The Kier molecular flexibility index (Phi) is 7.00. The number of ketones is 1. The van der Waals surface area contributed by atoms with Crippen molar-refractivity contribution in [3.8, 4) is 11.4 Å². The van der Waals surface area contributed by atoms with E-state index in [0.29, 0.717) is 43.8 Å². The number of amides is 1. The van der Waals surface area contributed by atoms with Crippen molar-refractivity contribution >= 4 is 51.6 Å². The van der Waals surface area contributed by atoms with Gasteiger partial charge < -0.3 is 10.1 Å². The van der Waals surface area contributed by atoms with E-state index in [1.165, 1.54) is 18.6 Å². The number of methoxy groups -OCH3 is 1. The third-order valence-electron chi connectivity index (χ3n) is 4.99. The lowest BCUT2D eigenvalue weighted by atomic mass is 10.1. The van der Waals surface area contributed by atoms with Crippen molar-refractivity contribution in [3.63, 3.8) is 0 Å². The minimum absolute atomic E-state index is 0.0488. The smallest absolute Gasteiger partial charge is 0.266 e. The molecule has 1 N–H and O–H groups in total.